The second-order valence-corrected chi connectivity index (χ2v) is 7.81. The predicted octanol–water partition coefficient (Wildman–Crippen LogP) is 2.25. The minimum Gasteiger partial charge on any atom is -0.394 e. The second-order valence-electron chi connectivity index (χ2n) is 7.81. The van der Waals surface area contributed by atoms with Crippen LogP contribution in [-0.2, 0) is 0 Å². The summed E-state index contributed by atoms with van der Waals surface area (Å²) in [7, 11) is 2.10. The van der Waals surface area contributed by atoms with Crippen LogP contribution in [0.2, 0.25) is 0 Å². The largest absolute Gasteiger partial charge is 0.394 e. The number of nitrogen functional groups attached to an aromatic ring is 1. The number of H-pyrrole nitrogens is 2. The van der Waals surface area contributed by atoms with Gasteiger partial charge in [-0.15, -0.1) is 0 Å². The van der Waals surface area contributed by atoms with Crippen molar-refractivity contribution >= 4 is 33.4 Å². The average Bonchev–Trinajstić information content (AvgIpc) is 3.22. The van der Waals surface area contributed by atoms with Gasteiger partial charge in [-0.3, -0.25) is 9.89 Å². The molecule has 8 nitrogen and oxygen atoms in total. The van der Waals surface area contributed by atoms with E-state index in [0.717, 1.165) is 37.6 Å². The van der Waals surface area contributed by atoms with Gasteiger partial charge in [-0.25, -0.2) is 9.37 Å². The van der Waals surface area contributed by atoms with Gasteiger partial charge < -0.3 is 20.5 Å². The standard InChI is InChI=1S/C21H22FN7O/c1-11-9-15-19(26-20(11)29-7-5-28(2)6-8-29)16(17(23)21(30)25-15)12-3-4-14(22)18-13(12)10-24-27-18/h3-4,9-10H,5-8,23H2,1-2H3,(H,24,27)(H,25,30). The van der Waals surface area contributed by atoms with Gasteiger partial charge in [-0.1, -0.05) is 6.07 Å². The van der Waals surface area contributed by atoms with Crippen LogP contribution in [-0.4, -0.2) is 58.3 Å². The number of hydrogen-bond acceptors (Lipinski definition) is 6. The van der Waals surface area contributed by atoms with Gasteiger partial charge >= 0.3 is 0 Å². The number of nitrogens with two attached hydrogens (primary N) is 1. The summed E-state index contributed by atoms with van der Waals surface area (Å²) in [5, 5.41) is 7.19. The lowest BCUT2D eigenvalue weighted by Crippen LogP contribution is -2.45. The first-order valence-electron chi connectivity index (χ1n) is 9.82. The van der Waals surface area contributed by atoms with Crippen LogP contribution in [0, 0.1) is 12.7 Å². The quantitative estimate of drug-likeness (QED) is 0.471. The summed E-state index contributed by atoms with van der Waals surface area (Å²) < 4.78 is 14.2. The number of pyridine rings is 2. The minimum atomic E-state index is -0.416. The van der Waals surface area contributed by atoms with Crippen LogP contribution >= 0.6 is 0 Å². The third kappa shape index (κ3) is 2.81. The average molecular weight is 407 g/mol. The fraction of sp³-hybridized carbons (Fsp3) is 0.286. The Labute approximate surface area is 171 Å². The molecule has 5 rings (SSSR count). The highest BCUT2D eigenvalue weighted by Crippen LogP contribution is 2.36. The summed E-state index contributed by atoms with van der Waals surface area (Å²) in [5.41, 5.74) is 9.44. The van der Waals surface area contributed by atoms with Gasteiger partial charge in [-0.2, -0.15) is 5.10 Å². The Morgan fingerprint density at radius 1 is 1.20 bits per heavy atom. The molecule has 1 aliphatic rings. The van der Waals surface area contributed by atoms with Gasteiger partial charge in [0.25, 0.3) is 5.56 Å². The number of aryl methyl sites for hydroxylation is 1. The molecule has 0 unspecified atom stereocenters. The zero-order chi connectivity index (χ0) is 21.0. The Morgan fingerprint density at radius 2 is 1.97 bits per heavy atom. The van der Waals surface area contributed by atoms with Crippen molar-refractivity contribution in [2.24, 2.45) is 0 Å². The summed E-state index contributed by atoms with van der Waals surface area (Å²) >= 11 is 0. The number of aromatic amines is 2. The monoisotopic (exact) mass is 407 g/mol. The highest BCUT2D eigenvalue weighted by molar-refractivity contribution is 6.06. The van der Waals surface area contributed by atoms with E-state index in [-0.39, 0.29) is 11.2 Å². The van der Waals surface area contributed by atoms with Gasteiger partial charge in [0.15, 0.2) is 0 Å². The Hall–Kier alpha value is -3.46. The molecular weight excluding hydrogens is 385 g/mol. The van der Waals surface area contributed by atoms with Crippen molar-refractivity contribution in [1.82, 2.24) is 25.1 Å². The Balaban J connectivity index is 1.79. The molecule has 4 aromatic rings. The molecule has 30 heavy (non-hydrogen) atoms. The van der Waals surface area contributed by atoms with Gasteiger partial charge in [0.2, 0.25) is 0 Å². The van der Waals surface area contributed by atoms with E-state index < -0.39 is 11.4 Å². The van der Waals surface area contributed by atoms with Crippen molar-refractivity contribution in [3.8, 4) is 11.1 Å². The zero-order valence-corrected chi connectivity index (χ0v) is 16.8. The van der Waals surface area contributed by atoms with Crippen LogP contribution < -0.4 is 16.2 Å². The fourth-order valence-corrected chi connectivity index (χ4v) is 4.15. The number of rotatable bonds is 2. The summed E-state index contributed by atoms with van der Waals surface area (Å²) in [6.07, 6.45) is 1.54. The van der Waals surface area contributed by atoms with Crippen LogP contribution in [0.5, 0.6) is 0 Å². The van der Waals surface area contributed by atoms with E-state index in [9.17, 15) is 9.18 Å². The molecule has 1 aliphatic heterocycles. The van der Waals surface area contributed by atoms with Gasteiger partial charge in [0.05, 0.1) is 17.2 Å². The molecule has 3 aromatic heterocycles. The molecule has 0 atom stereocenters. The zero-order valence-electron chi connectivity index (χ0n) is 16.8. The third-order valence-corrected chi connectivity index (χ3v) is 5.82. The van der Waals surface area contributed by atoms with Gasteiger partial charge in [0.1, 0.15) is 22.8 Å². The number of benzene rings is 1. The molecule has 0 bridgehead atoms. The molecule has 0 radical (unpaired) electrons. The van der Waals surface area contributed by atoms with Crippen LogP contribution in [0.1, 0.15) is 5.56 Å². The van der Waals surface area contributed by atoms with Crippen molar-refractivity contribution in [2.45, 2.75) is 6.92 Å². The van der Waals surface area contributed by atoms with E-state index in [1.54, 1.807) is 6.07 Å². The van der Waals surface area contributed by atoms with Crippen molar-refractivity contribution in [3.05, 3.63) is 46.1 Å². The van der Waals surface area contributed by atoms with E-state index in [1.807, 2.05) is 13.0 Å². The summed E-state index contributed by atoms with van der Waals surface area (Å²) in [5.74, 6) is 0.453. The molecular formula is C21H22FN7O. The molecule has 0 saturated carbocycles. The molecule has 4 N–H and O–H groups in total. The number of aromatic nitrogens is 4. The van der Waals surface area contributed by atoms with Crippen LogP contribution in [0.3, 0.4) is 0 Å². The number of likely N-dealkylation sites (N-methyl/N-ethyl adjacent to an activating group) is 1. The number of piperazine rings is 1. The number of nitrogens with zero attached hydrogens (tertiary/aromatic N) is 4. The van der Waals surface area contributed by atoms with E-state index in [0.29, 0.717) is 27.5 Å². The number of anilines is 2. The van der Waals surface area contributed by atoms with Gasteiger partial charge in [0, 0.05) is 37.1 Å². The van der Waals surface area contributed by atoms with E-state index in [4.69, 9.17) is 10.7 Å². The molecule has 1 aromatic carbocycles. The topological polar surface area (TPSA) is 107 Å². The summed E-state index contributed by atoms with van der Waals surface area (Å²) in [6.45, 7) is 5.63. The Bertz CT molecular complexity index is 1330. The SMILES string of the molecule is Cc1cc2[nH]c(=O)c(N)c(-c3ccc(F)c4[nH]ncc34)c2nc1N1CCN(C)CC1. The lowest BCUT2D eigenvalue weighted by atomic mass is 9.98. The first-order valence-corrected chi connectivity index (χ1v) is 9.82. The fourth-order valence-electron chi connectivity index (χ4n) is 4.15. The van der Waals surface area contributed by atoms with Crippen molar-refractivity contribution in [3.63, 3.8) is 0 Å². The maximum absolute atomic E-state index is 14.2. The maximum Gasteiger partial charge on any atom is 0.272 e. The minimum absolute atomic E-state index is 0.0530. The highest BCUT2D eigenvalue weighted by atomic mass is 19.1. The lowest BCUT2D eigenvalue weighted by Gasteiger charge is -2.34. The molecule has 1 saturated heterocycles. The van der Waals surface area contributed by atoms with E-state index >= 15 is 0 Å². The van der Waals surface area contributed by atoms with Crippen molar-refractivity contribution in [2.75, 3.05) is 43.9 Å². The van der Waals surface area contributed by atoms with Gasteiger partial charge in [-0.05, 0) is 37.2 Å². The van der Waals surface area contributed by atoms with Crippen LogP contribution in [0.25, 0.3) is 33.1 Å². The number of halogens is 1. The summed E-state index contributed by atoms with van der Waals surface area (Å²) in [6, 6.07) is 4.89. The third-order valence-electron chi connectivity index (χ3n) is 5.82. The molecule has 0 aliphatic carbocycles. The first-order chi connectivity index (χ1) is 14.4. The number of fused-ring (bicyclic) bond motifs is 2. The van der Waals surface area contributed by atoms with E-state index in [1.165, 1.54) is 12.3 Å². The normalized spacial score (nSPS) is 15.4. The maximum atomic E-state index is 14.2. The molecule has 0 spiro atoms. The number of hydrogen-bond donors (Lipinski definition) is 3. The van der Waals surface area contributed by atoms with E-state index in [2.05, 4.69) is 32.0 Å². The summed E-state index contributed by atoms with van der Waals surface area (Å²) in [4.78, 5) is 24.9. The Kier molecular flexibility index (Phi) is 4.21. The van der Waals surface area contributed by atoms with Crippen LogP contribution in [0.4, 0.5) is 15.9 Å². The van der Waals surface area contributed by atoms with Crippen molar-refractivity contribution in [1.29, 1.82) is 0 Å². The molecule has 154 valence electrons. The molecule has 1 fully saturated rings. The van der Waals surface area contributed by atoms with Crippen LogP contribution in [0.15, 0.2) is 29.2 Å². The smallest absolute Gasteiger partial charge is 0.272 e. The first kappa shape index (κ1) is 18.6. The molecule has 0 amide bonds. The number of nitrogens with one attached hydrogen (secondary N) is 2. The predicted molar refractivity (Wildman–Crippen MR) is 116 cm³/mol. The molecule has 9 heteroatoms. The lowest BCUT2D eigenvalue weighted by molar-refractivity contribution is 0.312. The highest BCUT2D eigenvalue weighted by Gasteiger charge is 2.22. The Morgan fingerprint density at radius 3 is 2.73 bits per heavy atom. The van der Waals surface area contributed by atoms with Crippen molar-refractivity contribution < 1.29 is 4.39 Å². The molecule has 4 heterocycles. The second kappa shape index (κ2) is 6.81.